The summed E-state index contributed by atoms with van der Waals surface area (Å²) in [5, 5.41) is 28.1. The van der Waals surface area contributed by atoms with Crippen LogP contribution in [0.5, 0.6) is 0 Å². The van der Waals surface area contributed by atoms with E-state index in [0.717, 1.165) is 18.9 Å². The van der Waals surface area contributed by atoms with Crippen LogP contribution in [-0.2, 0) is 19.7 Å². The van der Waals surface area contributed by atoms with Crippen LogP contribution in [0.25, 0.3) is 0 Å². The Labute approximate surface area is 266 Å². The number of benzene rings is 2. The highest BCUT2D eigenvalue weighted by atomic mass is 35.5. The van der Waals surface area contributed by atoms with Crippen molar-refractivity contribution in [1.29, 1.82) is 5.26 Å². The Balaban J connectivity index is 1.61. The number of nitriles is 1. The zero-order valence-corrected chi connectivity index (χ0v) is 26.2. The SMILES string of the molecule is CC1(C)OC[C@H](CCNC(=O)[C@@H]2N[C@@H](C(CO)C3CC=CCC3)[C@](C#N)(c3ccc(Cl)cc3F)[C@H]2c2cccc(Cl)c2F)O1. The predicted octanol–water partition coefficient (Wildman–Crippen LogP) is 5.78. The number of aliphatic hydroxyl groups excluding tert-OH is 1. The summed E-state index contributed by atoms with van der Waals surface area (Å²) in [6.45, 7) is 3.90. The quantitative estimate of drug-likeness (QED) is 0.298. The summed E-state index contributed by atoms with van der Waals surface area (Å²) in [7, 11) is 0. The topological polar surface area (TPSA) is 104 Å². The minimum Gasteiger partial charge on any atom is -0.396 e. The van der Waals surface area contributed by atoms with Gasteiger partial charge in [-0.05, 0) is 69.2 Å². The average molecular weight is 649 g/mol. The summed E-state index contributed by atoms with van der Waals surface area (Å²) in [6, 6.07) is 8.62. The van der Waals surface area contributed by atoms with E-state index in [1.165, 1.54) is 30.3 Å². The lowest BCUT2D eigenvalue weighted by Crippen LogP contribution is -2.51. The molecule has 11 heteroatoms. The van der Waals surface area contributed by atoms with Crippen molar-refractivity contribution in [2.45, 2.75) is 74.8 Å². The van der Waals surface area contributed by atoms with Gasteiger partial charge in [-0.1, -0.05) is 53.6 Å². The van der Waals surface area contributed by atoms with Gasteiger partial charge in [0.25, 0.3) is 0 Å². The molecule has 44 heavy (non-hydrogen) atoms. The van der Waals surface area contributed by atoms with Crippen LogP contribution in [0.2, 0.25) is 10.0 Å². The molecule has 2 heterocycles. The third-order valence-corrected chi connectivity index (χ3v) is 9.75. The van der Waals surface area contributed by atoms with E-state index in [-0.39, 0.29) is 46.3 Å². The summed E-state index contributed by atoms with van der Waals surface area (Å²) in [5.74, 6) is -4.63. The molecule has 7 atom stereocenters. The van der Waals surface area contributed by atoms with Gasteiger partial charge in [-0.25, -0.2) is 8.78 Å². The molecule has 2 fully saturated rings. The second-order valence-electron chi connectivity index (χ2n) is 12.3. The molecule has 2 aromatic rings. The van der Waals surface area contributed by atoms with E-state index in [1.54, 1.807) is 0 Å². The maximum absolute atomic E-state index is 16.0. The van der Waals surface area contributed by atoms with Crippen LogP contribution in [0.1, 0.15) is 56.6 Å². The monoisotopic (exact) mass is 647 g/mol. The van der Waals surface area contributed by atoms with Crippen molar-refractivity contribution in [3.8, 4) is 6.07 Å². The Kier molecular flexibility index (Phi) is 10.0. The highest BCUT2D eigenvalue weighted by Gasteiger charge is 2.63. The van der Waals surface area contributed by atoms with Crippen molar-refractivity contribution >= 4 is 29.1 Å². The first-order valence-corrected chi connectivity index (χ1v) is 15.7. The van der Waals surface area contributed by atoms with Gasteiger partial charge in [0.15, 0.2) is 5.79 Å². The van der Waals surface area contributed by atoms with Gasteiger partial charge in [0.05, 0.1) is 29.8 Å². The van der Waals surface area contributed by atoms with Crippen LogP contribution in [0.4, 0.5) is 8.78 Å². The van der Waals surface area contributed by atoms with Crippen LogP contribution in [0, 0.1) is 34.8 Å². The number of rotatable bonds is 9. The fraction of sp³-hybridized carbons (Fsp3) is 0.515. The van der Waals surface area contributed by atoms with E-state index in [1.807, 2.05) is 19.9 Å². The molecule has 0 spiro atoms. The lowest BCUT2D eigenvalue weighted by atomic mass is 9.60. The summed E-state index contributed by atoms with van der Waals surface area (Å²) in [4.78, 5) is 14.0. The van der Waals surface area contributed by atoms with Crippen molar-refractivity contribution in [3.05, 3.63) is 81.4 Å². The molecular weight excluding hydrogens is 611 g/mol. The van der Waals surface area contributed by atoms with Crippen LogP contribution in [0.15, 0.2) is 48.6 Å². The van der Waals surface area contributed by atoms with Crippen LogP contribution >= 0.6 is 23.2 Å². The number of carbonyl (C=O) groups excluding carboxylic acids is 1. The number of amides is 1. The lowest BCUT2D eigenvalue weighted by Gasteiger charge is -2.41. The van der Waals surface area contributed by atoms with Gasteiger partial charge < -0.3 is 25.2 Å². The third kappa shape index (κ3) is 6.26. The molecular formula is C33H37Cl2F2N3O4. The summed E-state index contributed by atoms with van der Waals surface area (Å²) in [6.07, 6.45) is 6.47. The van der Waals surface area contributed by atoms with Gasteiger partial charge in [-0.3, -0.25) is 4.79 Å². The lowest BCUT2D eigenvalue weighted by molar-refractivity contribution is -0.138. The number of halogens is 4. The number of ether oxygens (including phenoxy) is 2. The van der Waals surface area contributed by atoms with Gasteiger partial charge in [-0.2, -0.15) is 5.26 Å². The minimum absolute atomic E-state index is 0.00180. The molecule has 3 N–H and O–H groups in total. The van der Waals surface area contributed by atoms with Crippen molar-refractivity contribution in [2.24, 2.45) is 11.8 Å². The first-order valence-electron chi connectivity index (χ1n) is 14.9. The number of hydrogen-bond donors (Lipinski definition) is 3. The minimum atomic E-state index is -1.83. The molecule has 5 rings (SSSR count). The molecule has 2 aromatic carbocycles. The zero-order valence-electron chi connectivity index (χ0n) is 24.7. The number of hydrogen-bond acceptors (Lipinski definition) is 6. The molecule has 0 bridgehead atoms. The number of allylic oxidation sites excluding steroid dienone is 2. The zero-order chi connectivity index (χ0) is 31.6. The van der Waals surface area contributed by atoms with Gasteiger partial charge >= 0.3 is 0 Å². The highest BCUT2D eigenvalue weighted by molar-refractivity contribution is 6.31. The van der Waals surface area contributed by atoms with Crippen molar-refractivity contribution in [1.82, 2.24) is 10.6 Å². The Morgan fingerprint density at radius 3 is 2.68 bits per heavy atom. The number of nitrogens with one attached hydrogen (secondary N) is 2. The average Bonchev–Trinajstić information content (AvgIpc) is 3.52. The van der Waals surface area contributed by atoms with Crippen LogP contribution in [0.3, 0.4) is 0 Å². The molecule has 1 aliphatic carbocycles. The molecule has 7 nitrogen and oxygen atoms in total. The van der Waals surface area contributed by atoms with Crippen molar-refractivity contribution in [2.75, 3.05) is 19.8 Å². The molecule has 2 aliphatic heterocycles. The van der Waals surface area contributed by atoms with Gasteiger partial charge in [-0.15, -0.1) is 0 Å². The number of aliphatic hydroxyl groups is 1. The third-order valence-electron chi connectivity index (χ3n) is 9.22. The Morgan fingerprint density at radius 2 is 2.05 bits per heavy atom. The predicted molar refractivity (Wildman–Crippen MR) is 163 cm³/mol. The first kappa shape index (κ1) is 32.8. The van der Waals surface area contributed by atoms with Gasteiger partial charge in [0.2, 0.25) is 5.91 Å². The maximum atomic E-state index is 16.0. The van der Waals surface area contributed by atoms with E-state index in [0.29, 0.717) is 19.4 Å². The first-order chi connectivity index (χ1) is 21.0. The van der Waals surface area contributed by atoms with E-state index < -0.39 is 52.7 Å². The standard InChI is InChI=1S/C33H37Cl2F2N3O4/c1-32(2)43-17-21(44-32)13-14-39-31(42)29-27(22-9-6-10-25(35)28(22)37)33(18-38,24-12-11-20(34)15-26(24)36)30(40-29)23(16-41)19-7-4-3-5-8-19/h3-4,6,9-12,15,19,21,23,27,29-30,40-41H,5,7-8,13-14,16-17H2,1-2H3,(H,39,42)/t19?,21-,23?,27-,29+,30-,33+/m0/s1. The fourth-order valence-corrected chi connectivity index (χ4v) is 7.56. The van der Waals surface area contributed by atoms with Crippen LogP contribution < -0.4 is 10.6 Å². The normalized spacial score (nSPS) is 30.2. The second-order valence-corrected chi connectivity index (χ2v) is 13.1. The highest BCUT2D eigenvalue weighted by Crippen LogP contribution is 2.53. The largest absolute Gasteiger partial charge is 0.396 e. The van der Waals surface area contributed by atoms with Crippen molar-refractivity contribution < 1.29 is 28.2 Å². The molecule has 2 unspecified atom stereocenters. The second kappa shape index (κ2) is 13.4. The van der Waals surface area contributed by atoms with Gasteiger partial charge in [0, 0.05) is 41.6 Å². The molecule has 2 saturated heterocycles. The Morgan fingerprint density at radius 1 is 1.25 bits per heavy atom. The molecule has 1 amide bonds. The summed E-state index contributed by atoms with van der Waals surface area (Å²) in [5.41, 5.74) is -1.87. The van der Waals surface area contributed by atoms with Gasteiger partial charge in [0.1, 0.15) is 17.0 Å². The van der Waals surface area contributed by atoms with E-state index in [2.05, 4.69) is 22.8 Å². The molecule has 0 radical (unpaired) electrons. The summed E-state index contributed by atoms with van der Waals surface area (Å²) < 4.78 is 43.4. The summed E-state index contributed by atoms with van der Waals surface area (Å²) >= 11 is 12.4. The maximum Gasteiger partial charge on any atom is 0.237 e. The molecule has 236 valence electrons. The Hall–Kier alpha value is -2.58. The fourth-order valence-electron chi connectivity index (χ4n) is 7.21. The van der Waals surface area contributed by atoms with E-state index in [4.69, 9.17) is 32.7 Å². The van der Waals surface area contributed by atoms with Crippen LogP contribution in [-0.4, -0.2) is 54.7 Å². The number of nitrogens with zero attached hydrogens (tertiary/aromatic N) is 1. The Bertz CT molecular complexity index is 1450. The molecule has 0 aromatic heterocycles. The number of carbonyl (C=O) groups is 1. The smallest absolute Gasteiger partial charge is 0.237 e. The molecule has 0 saturated carbocycles. The van der Waals surface area contributed by atoms with Crippen molar-refractivity contribution in [3.63, 3.8) is 0 Å². The molecule has 3 aliphatic rings. The van der Waals surface area contributed by atoms with E-state index in [9.17, 15) is 15.2 Å². The van der Waals surface area contributed by atoms with E-state index >= 15 is 8.78 Å².